The van der Waals surface area contributed by atoms with E-state index in [4.69, 9.17) is 9.72 Å². The number of rotatable bonds is 6. The molecule has 0 bridgehead atoms. The standard InChI is InChI=1S/C13H23N3OS/c1-4-17-9-8-16(3)13-15-11-7-5-6-10(14-2)12(11)18-13/h10,14H,4-9H2,1-3H3. The van der Waals surface area contributed by atoms with Crippen LogP contribution in [0.5, 0.6) is 0 Å². The highest BCUT2D eigenvalue weighted by Gasteiger charge is 2.24. The Bertz CT molecular complexity index is 380. The van der Waals surface area contributed by atoms with Crippen LogP contribution in [0.15, 0.2) is 0 Å². The van der Waals surface area contributed by atoms with Crippen LogP contribution in [0, 0.1) is 0 Å². The van der Waals surface area contributed by atoms with Gasteiger partial charge in [-0.05, 0) is 33.2 Å². The number of aromatic nitrogens is 1. The summed E-state index contributed by atoms with van der Waals surface area (Å²) in [6.07, 6.45) is 3.60. The van der Waals surface area contributed by atoms with Crippen LogP contribution < -0.4 is 10.2 Å². The largest absolute Gasteiger partial charge is 0.380 e. The third-order valence-corrected chi connectivity index (χ3v) is 4.71. The quantitative estimate of drug-likeness (QED) is 0.804. The molecule has 5 heteroatoms. The first kappa shape index (κ1) is 13.8. The van der Waals surface area contributed by atoms with Crippen LogP contribution in [0.25, 0.3) is 0 Å². The Labute approximate surface area is 113 Å². The number of anilines is 1. The molecule has 0 saturated carbocycles. The van der Waals surface area contributed by atoms with E-state index >= 15 is 0 Å². The van der Waals surface area contributed by atoms with Gasteiger partial charge in [-0.15, -0.1) is 0 Å². The first-order valence-electron chi connectivity index (χ1n) is 6.72. The monoisotopic (exact) mass is 269 g/mol. The Hall–Kier alpha value is -0.650. The number of likely N-dealkylation sites (N-methyl/N-ethyl adjacent to an activating group) is 1. The molecule has 0 fully saturated rings. The average Bonchev–Trinajstić information content (AvgIpc) is 2.82. The molecule has 0 amide bonds. The number of hydrogen-bond acceptors (Lipinski definition) is 5. The third kappa shape index (κ3) is 3.02. The van der Waals surface area contributed by atoms with Crippen molar-refractivity contribution in [1.82, 2.24) is 10.3 Å². The van der Waals surface area contributed by atoms with E-state index in [-0.39, 0.29) is 0 Å². The van der Waals surface area contributed by atoms with Crippen LogP contribution in [-0.4, -0.2) is 38.8 Å². The van der Waals surface area contributed by atoms with Crippen LogP contribution in [0.4, 0.5) is 5.13 Å². The molecule has 1 unspecified atom stereocenters. The van der Waals surface area contributed by atoms with Crippen LogP contribution in [0.2, 0.25) is 0 Å². The number of thiazole rings is 1. The molecule has 1 aromatic heterocycles. The number of nitrogens with one attached hydrogen (secondary N) is 1. The van der Waals surface area contributed by atoms with Gasteiger partial charge in [0, 0.05) is 31.1 Å². The van der Waals surface area contributed by atoms with Crippen LogP contribution >= 0.6 is 11.3 Å². The Morgan fingerprint density at radius 3 is 3.11 bits per heavy atom. The molecule has 0 saturated heterocycles. The minimum Gasteiger partial charge on any atom is -0.380 e. The minimum absolute atomic E-state index is 0.500. The van der Waals surface area contributed by atoms with E-state index in [1.54, 1.807) is 0 Å². The molecule has 1 aliphatic rings. The fourth-order valence-corrected chi connectivity index (χ4v) is 3.53. The van der Waals surface area contributed by atoms with Gasteiger partial charge in [0.1, 0.15) is 0 Å². The summed E-state index contributed by atoms with van der Waals surface area (Å²) in [5.74, 6) is 0. The van der Waals surface area contributed by atoms with E-state index < -0.39 is 0 Å². The van der Waals surface area contributed by atoms with E-state index in [1.165, 1.54) is 23.4 Å². The van der Waals surface area contributed by atoms with Crippen LogP contribution in [0.3, 0.4) is 0 Å². The normalized spacial score (nSPS) is 18.7. The van der Waals surface area contributed by atoms with Crippen molar-refractivity contribution in [3.8, 4) is 0 Å². The van der Waals surface area contributed by atoms with Crippen molar-refractivity contribution < 1.29 is 4.74 Å². The maximum absolute atomic E-state index is 5.39. The zero-order chi connectivity index (χ0) is 13.0. The van der Waals surface area contributed by atoms with Crippen molar-refractivity contribution in [2.75, 3.05) is 38.8 Å². The highest BCUT2D eigenvalue weighted by Crippen LogP contribution is 2.36. The number of aryl methyl sites for hydroxylation is 1. The average molecular weight is 269 g/mol. The number of fused-ring (bicyclic) bond motifs is 1. The third-order valence-electron chi connectivity index (χ3n) is 3.39. The van der Waals surface area contributed by atoms with Gasteiger partial charge >= 0.3 is 0 Å². The van der Waals surface area contributed by atoms with E-state index in [1.807, 2.05) is 25.3 Å². The molecule has 0 aromatic carbocycles. The smallest absolute Gasteiger partial charge is 0.185 e. The van der Waals surface area contributed by atoms with Gasteiger partial charge in [-0.1, -0.05) is 11.3 Å². The molecule has 4 nitrogen and oxygen atoms in total. The molecule has 1 heterocycles. The highest BCUT2D eigenvalue weighted by molar-refractivity contribution is 7.15. The molecule has 2 rings (SSSR count). The SMILES string of the molecule is CCOCCN(C)c1nc2c(s1)C(NC)CCC2. The maximum atomic E-state index is 5.39. The zero-order valence-corrected chi connectivity index (χ0v) is 12.3. The Morgan fingerprint density at radius 2 is 2.39 bits per heavy atom. The lowest BCUT2D eigenvalue weighted by Gasteiger charge is -2.19. The zero-order valence-electron chi connectivity index (χ0n) is 11.5. The number of hydrogen-bond donors (Lipinski definition) is 1. The van der Waals surface area contributed by atoms with Crippen molar-refractivity contribution in [3.05, 3.63) is 10.6 Å². The summed E-state index contributed by atoms with van der Waals surface area (Å²) in [6, 6.07) is 0.500. The summed E-state index contributed by atoms with van der Waals surface area (Å²) in [5, 5.41) is 4.52. The summed E-state index contributed by atoms with van der Waals surface area (Å²) >= 11 is 1.83. The Morgan fingerprint density at radius 1 is 1.56 bits per heavy atom. The van der Waals surface area contributed by atoms with Crippen molar-refractivity contribution in [1.29, 1.82) is 0 Å². The fourth-order valence-electron chi connectivity index (χ4n) is 2.29. The lowest BCUT2D eigenvalue weighted by Crippen LogP contribution is -2.22. The van der Waals surface area contributed by atoms with Gasteiger partial charge in [-0.2, -0.15) is 0 Å². The predicted molar refractivity (Wildman–Crippen MR) is 76.6 cm³/mol. The molecule has 0 radical (unpaired) electrons. The molecule has 102 valence electrons. The second-order valence-corrected chi connectivity index (χ2v) is 5.67. The fraction of sp³-hybridized carbons (Fsp3) is 0.769. The molecule has 1 N–H and O–H groups in total. The van der Waals surface area contributed by atoms with Crippen molar-refractivity contribution in [2.45, 2.75) is 32.2 Å². The number of nitrogens with zero attached hydrogens (tertiary/aromatic N) is 2. The molecule has 0 spiro atoms. The van der Waals surface area contributed by atoms with E-state index in [0.29, 0.717) is 6.04 Å². The Kier molecular flexibility index (Phi) is 4.97. The van der Waals surface area contributed by atoms with Gasteiger partial charge in [0.05, 0.1) is 12.3 Å². The first-order chi connectivity index (χ1) is 8.76. The predicted octanol–water partition coefficient (Wildman–Crippen LogP) is 2.21. The van der Waals surface area contributed by atoms with Gasteiger partial charge in [0.25, 0.3) is 0 Å². The van der Waals surface area contributed by atoms with Crippen molar-refractivity contribution in [3.63, 3.8) is 0 Å². The van der Waals surface area contributed by atoms with Gasteiger partial charge < -0.3 is 15.0 Å². The summed E-state index contributed by atoms with van der Waals surface area (Å²) in [5.41, 5.74) is 1.30. The Balaban J connectivity index is 2.04. The second kappa shape index (κ2) is 6.50. The molecule has 0 aliphatic heterocycles. The van der Waals surface area contributed by atoms with Crippen LogP contribution in [-0.2, 0) is 11.2 Å². The van der Waals surface area contributed by atoms with Crippen LogP contribution in [0.1, 0.15) is 36.4 Å². The molecule has 1 aromatic rings. The topological polar surface area (TPSA) is 37.4 Å². The van der Waals surface area contributed by atoms with Crippen molar-refractivity contribution in [2.24, 2.45) is 0 Å². The lowest BCUT2D eigenvalue weighted by atomic mass is 9.98. The highest BCUT2D eigenvalue weighted by atomic mass is 32.1. The maximum Gasteiger partial charge on any atom is 0.185 e. The molecule has 1 atom stereocenters. The minimum atomic E-state index is 0.500. The van der Waals surface area contributed by atoms with Gasteiger partial charge in [-0.3, -0.25) is 0 Å². The second-order valence-electron chi connectivity index (χ2n) is 4.66. The molecule has 18 heavy (non-hydrogen) atoms. The van der Waals surface area contributed by atoms with Gasteiger partial charge in [0.2, 0.25) is 0 Å². The van der Waals surface area contributed by atoms with Gasteiger partial charge in [-0.25, -0.2) is 4.98 Å². The summed E-state index contributed by atoms with van der Waals surface area (Å²) < 4.78 is 5.39. The molecule has 1 aliphatic carbocycles. The number of ether oxygens (including phenoxy) is 1. The first-order valence-corrected chi connectivity index (χ1v) is 7.53. The summed E-state index contributed by atoms with van der Waals surface area (Å²) in [6.45, 7) is 4.49. The van der Waals surface area contributed by atoms with Gasteiger partial charge in [0.15, 0.2) is 5.13 Å². The molecular weight excluding hydrogens is 246 g/mol. The van der Waals surface area contributed by atoms with E-state index in [0.717, 1.165) is 31.3 Å². The summed E-state index contributed by atoms with van der Waals surface area (Å²) in [7, 11) is 4.13. The summed E-state index contributed by atoms with van der Waals surface area (Å²) in [4.78, 5) is 8.41. The van der Waals surface area contributed by atoms with Crippen molar-refractivity contribution >= 4 is 16.5 Å². The molecular formula is C13H23N3OS. The van der Waals surface area contributed by atoms with E-state index in [9.17, 15) is 0 Å². The lowest BCUT2D eigenvalue weighted by molar-refractivity contribution is 0.154. The van der Waals surface area contributed by atoms with E-state index in [2.05, 4.69) is 17.3 Å².